The average molecular weight is 433 g/mol. The quantitative estimate of drug-likeness (QED) is 0.612. The molecule has 0 bridgehead atoms. The van der Waals surface area contributed by atoms with E-state index >= 15 is 0 Å². The summed E-state index contributed by atoms with van der Waals surface area (Å²) in [6.07, 6.45) is 2.20. The number of amides is 1. The van der Waals surface area contributed by atoms with Crippen molar-refractivity contribution >= 4 is 21.6 Å². The molecule has 0 radical (unpaired) electrons. The minimum Gasteiger partial charge on any atom is -0.497 e. The minimum absolute atomic E-state index is 0.195. The Morgan fingerprint density at radius 2 is 1.77 bits per heavy atom. The summed E-state index contributed by atoms with van der Waals surface area (Å²) in [6.45, 7) is 6.00. The predicted molar refractivity (Wildman–Crippen MR) is 121 cm³/mol. The van der Waals surface area contributed by atoms with E-state index in [9.17, 15) is 13.2 Å². The summed E-state index contributed by atoms with van der Waals surface area (Å²) in [4.78, 5) is 13.3. The van der Waals surface area contributed by atoms with Gasteiger partial charge in [-0.15, -0.1) is 0 Å². The van der Waals surface area contributed by atoms with Crippen molar-refractivity contribution in [1.29, 1.82) is 0 Å². The van der Waals surface area contributed by atoms with Crippen molar-refractivity contribution < 1.29 is 17.9 Å². The van der Waals surface area contributed by atoms with E-state index in [4.69, 9.17) is 4.74 Å². The fourth-order valence-electron chi connectivity index (χ4n) is 3.51. The summed E-state index contributed by atoms with van der Waals surface area (Å²) in [5, 5.41) is 3.09. The van der Waals surface area contributed by atoms with Crippen molar-refractivity contribution in [2.75, 3.05) is 17.7 Å². The van der Waals surface area contributed by atoms with E-state index in [-0.39, 0.29) is 11.9 Å². The van der Waals surface area contributed by atoms with Gasteiger partial charge in [-0.3, -0.25) is 9.10 Å². The highest BCUT2D eigenvalue weighted by molar-refractivity contribution is 7.92. The van der Waals surface area contributed by atoms with Gasteiger partial charge >= 0.3 is 0 Å². The smallest absolute Gasteiger partial charge is 0.244 e. The van der Waals surface area contributed by atoms with Crippen LogP contribution in [-0.2, 0) is 14.8 Å². The van der Waals surface area contributed by atoms with Gasteiger partial charge in [0, 0.05) is 6.07 Å². The highest BCUT2D eigenvalue weighted by atomic mass is 32.2. The molecule has 6 nitrogen and oxygen atoms in total. The third kappa shape index (κ3) is 6.23. The first-order valence-electron chi connectivity index (χ1n) is 10.2. The Morgan fingerprint density at radius 1 is 1.10 bits per heavy atom. The summed E-state index contributed by atoms with van der Waals surface area (Å²) < 4.78 is 31.8. The third-order valence-electron chi connectivity index (χ3n) is 4.86. The van der Waals surface area contributed by atoms with Crippen molar-refractivity contribution in [3.05, 3.63) is 60.2 Å². The van der Waals surface area contributed by atoms with Crippen LogP contribution in [0, 0.1) is 5.92 Å². The van der Waals surface area contributed by atoms with Gasteiger partial charge in [0.15, 0.2) is 0 Å². The number of anilines is 1. The molecule has 0 saturated heterocycles. The van der Waals surface area contributed by atoms with E-state index in [1.165, 1.54) is 11.4 Å². The normalized spacial score (nSPS) is 13.5. The molecule has 0 saturated carbocycles. The first-order valence-corrected chi connectivity index (χ1v) is 12.0. The number of nitrogens with zero attached hydrogens (tertiary/aromatic N) is 1. The average Bonchev–Trinajstić information content (AvgIpc) is 2.70. The van der Waals surface area contributed by atoms with Crippen LogP contribution in [-0.4, -0.2) is 33.7 Å². The van der Waals surface area contributed by atoms with Gasteiger partial charge in [-0.1, -0.05) is 57.2 Å². The first kappa shape index (κ1) is 23.7. The van der Waals surface area contributed by atoms with Gasteiger partial charge in [-0.2, -0.15) is 0 Å². The molecule has 7 heteroatoms. The molecule has 2 aromatic carbocycles. The third-order valence-corrected chi connectivity index (χ3v) is 6.04. The van der Waals surface area contributed by atoms with E-state index in [1.807, 2.05) is 37.3 Å². The number of hydrogen-bond acceptors (Lipinski definition) is 4. The molecule has 0 aliphatic carbocycles. The number of carbonyl (C=O) groups excluding carboxylic acids is 1. The first-order chi connectivity index (χ1) is 14.2. The Balaban J connectivity index is 2.38. The lowest BCUT2D eigenvalue weighted by Gasteiger charge is -2.32. The lowest BCUT2D eigenvalue weighted by Crippen LogP contribution is -2.50. The monoisotopic (exact) mass is 432 g/mol. The molecule has 1 N–H and O–H groups in total. The molecular formula is C23H32N2O4S. The summed E-state index contributed by atoms with van der Waals surface area (Å²) in [7, 11) is -2.19. The van der Waals surface area contributed by atoms with Crippen LogP contribution in [0.15, 0.2) is 54.6 Å². The van der Waals surface area contributed by atoms with Gasteiger partial charge in [-0.05, 0) is 36.5 Å². The molecule has 0 fully saturated rings. The van der Waals surface area contributed by atoms with E-state index in [2.05, 4.69) is 19.2 Å². The second-order valence-electron chi connectivity index (χ2n) is 7.79. The Hall–Kier alpha value is -2.54. The van der Waals surface area contributed by atoms with Gasteiger partial charge in [0.05, 0.1) is 25.1 Å². The van der Waals surface area contributed by atoms with E-state index in [1.54, 1.807) is 24.3 Å². The molecule has 2 atom stereocenters. The molecule has 0 aliphatic heterocycles. The number of hydrogen-bond donors (Lipinski definition) is 1. The van der Waals surface area contributed by atoms with Crippen LogP contribution in [0.3, 0.4) is 0 Å². The number of methoxy groups -OCH3 is 1. The summed E-state index contributed by atoms with van der Waals surface area (Å²) >= 11 is 0. The molecule has 30 heavy (non-hydrogen) atoms. The highest BCUT2D eigenvalue weighted by Crippen LogP contribution is 2.27. The minimum atomic E-state index is -3.71. The second-order valence-corrected chi connectivity index (χ2v) is 9.65. The summed E-state index contributed by atoms with van der Waals surface area (Å²) in [5.41, 5.74) is 1.40. The largest absolute Gasteiger partial charge is 0.497 e. The van der Waals surface area contributed by atoms with E-state index in [0.717, 1.165) is 18.2 Å². The van der Waals surface area contributed by atoms with Crippen LogP contribution < -0.4 is 14.4 Å². The van der Waals surface area contributed by atoms with Gasteiger partial charge in [0.1, 0.15) is 11.8 Å². The van der Waals surface area contributed by atoms with Crippen molar-refractivity contribution in [2.45, 2.75) is 45.7 Å². The lowest BCUT2D eigenvalue weighted by molar-refractivity contribution is -0.123. The zero-order chi connectivity index (χ0) is 22.3. The van der Waals surface area contributed by atoms with E-state index in [0.29, 0.717) is 23.8 Å². The maximum Gasteiger partial charge on any atom is 0.244 e. The van der Waals surface area contributed by atoms with Crippen LogP contribution in [0.1, 0.15) is 45.2 Å². The van der Waals surface area contributed by atoms with Crippen molar-refractivity contribution in [3.63, 3.8) is 0 Å². The fraction of sp³-hybridized carbons (Fsp3) is 0.435. The fourth-order valence-corrected chi connectivity index (χ4v) is 4.71. The van der Waals surface area contributed by atoms with Crippen LogP contribution in [0.5, 0.6) is 5.75 Å². The summed E-state index contributed by atoms with van der Waals surface area (Å²) in [5.74, 6) is 0.568. The molecule has 0 aromatic heterocycles. The maximum atomic E-state index is 13.3. The summed E-state index contributed by atoms with van der Waals surface area (Å²) in [6, 6.07) is 15.4. The number of sulfonamides is 1. The van der Waals surface area contributed by atoms with Gasteiger partial charge in [0.25, 0.3) is 0 Å². The number of benzene rings is 2. The predicted octanol–water partition coefficient (Wildman–Crippen LogP) is 4.14. The molecule has 0 aliphatic rings. The highest BCUT2D eigenvalue weighted by Gasteiger charge is 2.33. The number of rotatable bonds is 10. The topological polar surface area (TPSA) is 75.7 Å². The SMILES string of the molecule is CC[C@H](C(=O)N[C@@H](CC(C)C)c1ccccc1)N(c1cccc(OC)c1)S(C)(=O)=O. The Labute approximate surface area is 180 Å². The molecule has 0 heterocycles. The molecule has 0 spiro atoms. The number of ether oxygens (including phenoxy) is 1. The standard InChI is InChI=1S/C23H32N2O4S/c1-6-22(25(30(5,27)28)19-13-10-14-20(16-19)29-4)23(26)24-21(15-17(2)3)18-11-8-7-9-12-18/h7-14,16-17,21-22H,6,15H2,1-5H3,(H,24,26)/t21-,22+/m0/s1. The maximum absolute atomic E-state index is 13.3. The number of carbonyl (C=O) groups is 1. The van der Waals surface area contributed by atoms with Crippen LogP contribution >= 0.6 is 0 Å². The van der Waals surface area contributed by atoms with E-state index < -0.39 is 16.1 Å². The lowest BCUT2D eigenvalue weighted by atomic mass is 9.96. The number of nitrogens with one attached hydrogen (secondary N) is 1. The van der Waals surface area contributed by atoms with Gasteiger partial charge < -0.3 is 10.1 Å². The second kappa shape index (κ2) is 10.5. The molecule has 0 unspecified atom stereocenters. The molecule has 164 valence electrons. The Kier molecular flexibility index (Phi) is 8.29. The van der Waals surface area contributed by atoms with Crippen molar-refractivity contribution in [3.8, 4) is 5.75 Å². The zero-order valence-corrected chi connectivity index (χ0v) is 19.1. The molecular weight excluding hydrogens is 400 g/mol. The molecule has 2 rings (SSSR count). The van der Waals surface area contributed by atoms with Crippen LogP contribution in [0.4, 0.5) is 5.69 Å². The van der Waals surface area contributed by atoms with Gasteiger partial charge in [0.2, 0.25) is 15.9 Å². The molecule has 2 aromatic rings. The van der Waals surface area contributed by atoms with Gasteiger partial charge in [-0.25, -0.2) is 8.42 Å². The van der Waals surface area contributed by atoms with Crippen molar-refractivity contribution in [2.24, 2.45) is 5.92 Å². The Bertz CT molecular complexity index is 929. The molecule has 1 amide bonds. The van der Waals surface area contributed by atoms with Crippen molar-refractivity contribution in [1.82, 2.24) is 5.32 Å². The van der Waals surface area contributed by atoms with Crippen LogP contribution in [0.25, 0.3) is 0 Å². The zero-order valence-electron chi connectivity index (χ0n) is 18.3. The van der Waals surface area contributed by atoms with Crippen LogP contribution in [0.2, 0.25) is 0 Å². The Morgan fingerprint density at radius 3 is 2.30 bits per heavy atom.